The first-order chi connectivity index (χ1) is 24.7. The van der Waals surface area contributed by atoms with Crippen LogP contribution in [0.25, 0.3) is 0 Å². The largest absolute Gasteiger partial charge is 0.325 e. The molecule has 3 N–H and O–H groups in total. The van der Waals surface area contributed by atoms with Crippen LogP contribution in [0.15, 0.2) is 118 Å². The zero-order valence-electron chi connectivity index (χ0n) is 30.5. The molecule has 5 atom stereocenters. The van der Waals surface area contributed by atoms with E-state index in [1.54, 1.807) is 19.2 Å². The first-order valence-electron chi connectivity index (χ1n) is 17.5. The van der Waals surface area contributed by atoms with Crippen LogP contribution in [0.1, 0.15) is 59.4 Å². The first-order valence-corrected chi connectivity index (χ1v) is 19.9. The smallest absolute Gasteiger partial charge is 0.266 e. The number of anilines is 1. The van der Waals surface area contributed by atoms with E-state index in [4.69, 9.17) is 16.6 Å². The molecule has 11 heteroatoms. The summed E-state index contributed by atoms with van der Waals surface area (Å²) in [6, 6.07) is 11.5. The number of thiophene rings is 1. The summed E-state index contributed by atoms with van der Waals surface area (Å²) in [5.41, 5.74) is 3.75. The number of nitrogens with zero attached hydrogens (tertiary/aromatic N) is 2. The van der Waals surface area contributed by atoms with Gasteiger partial charge in [-0.1, -0.05) is 100 Å². The fraction of sp³-hybridized carbons (Fsp3) is 0.375. The normalized spacial score (nSPS) is 21.7. The highest BCUT2D eigenvalue weighted by Gasteiger charge is 2.36. The number of rotatable bonds is 15. The predicted octanol–water partition coefficient (Wildman–Crippen LogP) is 8.56. The molecule has 0 radical (unpaired) electrons. The molecule has 1 aliphatic carbocycles. The molecule has 1 saturated carbocycles. The van der Waals surface area contributed by atoms with Gasteiger partial charge in [0.15, 0.2) is 6.17 Å². The number of carbonyl (C=O) groups excluding carboxylic acids is 2. The maximum atomic E-state index is 13.5. The van der Waals surface area contributed by atoms with Crippen LogP contribution in [0, 0.1) is 11.8 Å². The quantitative estimate of drug-likeness (QED) is 0.159. The van der Waals surface area contributed by atoms with Crippen LogP contribution < -0.4 is 15.4 Å². The van der Waals surface area contributed by atoms with Crippen molar-refractivity contribution in [1.29, 1.82) is 0 Å². The van der Waals surface area contributed by atoms with E-state index in [0.29, 0.717) is 33.3 Å². The van der Waals surface area contributed by atoms with Crippen LogP contribution in [0.3, 0.4) is 0 Å². The van der Waals surface area contributed by atoms with Crippen LogP contribution in [-0.4, -0.2) is 52.4 Å². The van der Waals surface area contributed by atoms with E-state index in [9.17, 15) is 13.8 Å². The van der Waals surface area contributed by atoms with E-state index < -0.39 is 17.2 Å². The molecule has 1 aromatic heterocycles. The van der Waals surface area contributed by atoms with Gasteiger partial charge in [0.05, 0.1) is 16.6 Å². The van der Waals surface area contributed by atoms with Gasteiger partial charge in [-0.15, -0.1) is 11.3 Å². The fourth-order valence-electron chi connectivity index (χ4n) is 6.06. The number of hydrogen-bond acceptors (Lipinski definition) is 6. The van der Waals surface area contributed by atoms with E-state index in [1.165, 1.54) is 16.2 Å². The average molecular weight is 750 g/mol. The Hall–Kier alpha value is -3.67. The molecule has 51 heavy (non-hydrogen) atoms. The number of likely N-dealkylation sites (N-methyl/N-ethyl adjacent to an activating group) is 1. The summed E-state index contributed by atoms with van der Waals surface area (Å²) in [4.78, 5) is 32.9. The Morgan fingerprint density at radius 1 is 1.12 bits per heavy atom. The first kappa shape index (κ1) is 41.7. The number of halogens is 1. The van der Waals surface area contributed by atoms with E-state index >= 15 is 0 Å². The summed E-state index contributed by atoms with van der Waals surface area (Å²) < 4.78 is 17.9. The number of amides is 2. The summed E-state index contributed by atoms with van der Waals surface area (Å²) in [7, 11) is 0.369. The Morgan fingerprint density at radius 3 is 2.53 bits per heavy atom. The molecule has 5 unspecified atom stereocenters. The third-order valence-electron chi connectivity index (χ3n) is 8.65. The second kappa shape index (κ2) is 21.6. The molecular formula is C40H52ClN5O3S2. The lowest BCUT2D eigenvalue weighted by atomic mass is 9.91. The molecule has 2 aliphatic rings. The number of hydrogen-bond donors (Lipinski definition) is 3. The number of aliphatic imine (C=N–C) groups is 1. The van der Waals surface area contributed by atoms with Gasteiger partial charge in [-0.25, -0.2) is 8.93 Å². The van der Waals surface area contributed by atoms with E-state index in [2.05, 4.69) is 34.9 Å². The molecule has 2 heterocycles. The molecule has 0 bridgehead atoms. The molecule has 8 nitrogen and oxygen atoms in total. The lowest BCUT2D eigenvalue weighted by molar-refractivity contribution is -0.130. The van der Waals surface area contributed by atoms with Crippen molar-refractivity contribution in [3.63, 3.8) is 0 Å². The minimum atomic E-state index is -1.32. The maximum absolute atomic E-state index is 13.5. The minimum absolute atomic E-state index is 0.109. The molecule has 0 spiro atoms. The standard InChI is InChI=1S/C38H46ClN5O3S2.C2H6/c1-6-10-12-17-31-24-32(27(8-3)15-11-7-2)42-37(38(46)44(31)5)40-25-34(45)41-30-16-13-14-26(23-30)22-29-19-18-28(9-4)36(29)43-49(47)35-21-20-33(39)48-35;1-2/h6-8,10-17,20-21,23-24,28-29,36-37,40,43H,3,9,18-19,22,25H2,1-2,4-5H3,(H,41,45);1-2H3/b10-6-,11-7-,17-12-,27-15+;. The van der Waals surface area contributed by atoms with Gasteiger partial charge in [-0.05, 0) is 92.5 Å². The van der Waals surface area contributed by atoms with Gasteiger partial charge in [0.2, 0.25) is 5.91 Å². The minimum Gasteiger partial charge on any atom is -0.325 e. The second-order valence-corrected chi connectivity index (χ2v) is 15.1. The third kappa shape index (κ3) is 12.2. The molecule has 0 saturated heterocycles. The lowest BCUT2D eigenvalue weighted by Crippen LogP contribution is -2.45. The van der Waals surface area contributed by atoms with Crippen LogP contribution in [0.2, 0.25) is 4.34 Å². The van der Waals surface area contributed by atoms with E-state index in [0.717, 1.165) is 41.0 Å². The maximum Gasteiger partial charge on any atom is 0.266 e. The zero-order chi connectivity index (χ0) is 37.3. The lowest BCUT2D eigenvalue weighted by Gasteiger charge is -2.25. The van der Waals surface area contributed by atoms with Gasteiger partial charge in [0.25, 0.3) is 5.91 Å². The predicted molar refractivity (Wildman–Crippen MR) is 216 cm³/mol. The molecular weight excluding hydrogens is 698 g/mol. The average Bonchev–Trinajstić information content (AvgIpc) is 3.72. The summed E-state index contributed by atoms with van der Waals surface area (Å²) >= 11 is 7.43. The summed E-state index contributed by atoms with van der Waals surface area (Å²) in [5, 5.41) is 6.03. The Labute approximate surface area is 315 Å². The van der Waals surface area contributed by atoms with Crippen molar-refractivity contribution < 1.29 is 13.8 Å². The Balaban J connectivity index is 0.00000345. The number of benzene rings is 1. The Bertz CT molecular complexity index is 1710. The second-order valence-electron chi connectivity index (χ2n) is 11.9. The molecule has 1 aliphatic heterocycles. The van der Waals surface area contributed by atoms with Gasteiger partial charge in [-0.2, -0.15) is 0 Å². The van der Waals surface area contributed by atoms with Gasteiger partial charge < -0.3 is 10.2 Å². The molecule has 4 rings (SSSR count). The summed E-state index contributed by atoms with van der Waals surface area (Å²) in [5.74, 6) is 0.156. The van der Waals surface area contributed by atoms with Crippen LogP contribution in [0.4, 0.5) is 5.69 Å². The molecule has 2 amide bonds. The van der Waals surface area contributed by atoms with Crippen LogP contribution in [-0.2, 0) is 27.0 Å². The molecule has 2 aromatic rings. The summed E-state index contributed by atoms with van der Waals surface area (Å²) in [6.45, 7) is 13.8. The highest BCUT2D eigenvalue weighted by Crippen LogP contribution is 2.37. The highest BCUT2D eigenvalue weighted by atomic mass is 35.5. The van der Waals surface area contributed by atoms with E-state index in [1.807, 2.05) is 101 Å². The Kier molecular flexibility index (Phi) is 17.7. The van der Waals surface area contributed by atoms with Crippen molar-refractivity contribution in [2.45, 2.75) is 76.7 Å². The van der Waals surface area contributed by atoms with Crippen molar-refractivity contribution in [2.24, 2.45) is 16.8 Å². The zero-order valence-corrected chi connectivity index (χ0v) is 32.9. The SMILES string of the molecule is C=C/C(=C\C=C/C)C1=NC(NCC(=O)Nc2cccc(CC3CCC(CC)C3NS(=O)c3ccc(Cl)s3)c2)C(=O)N(C)C(/C=C\C=C/C)=C1.CC. The Morgan fingerprint density at radius 2 is 1.86 bits per heavy atom. The van der Waals surface area contributed by atoms with Crippen molar-refractivity contribution in [2.75, 3.05) is 18.9 Å². The van der Waals surface area contributed by atoms with Gasteiger partial charge >= 0.3 is 0 Å². The monoisotopic (exact) mass is 749 g/mol. The van der Waals surface area contributed by atoms with Gasteiger partial charge in [0, 0.05) is 24.5 Å². The van der Waals surface area contributed by atoms with Crippen molar-refractivity contribution >= 4 is 57.1 Å². The third-order valence-corrected chi connectivity index (χ3v) is 11.4. The molecule has 1 aromatic carbocycles. The number of carbonyl (C=O) groups is 2. The molecule has 274 valence electrons. The highest BCUT2D eigenvalue weighted by molar-refractivity contribution is 7.85. The number of nitrogens with one attached hydrogen (secondary N) is 3. The molecule has 1 fully saturated rings. The van der Waals surface area contributed by atoms with Gasteiger partial charge in [-0.3, -0.25) is 19.9 Å². The number of allylic oxidation sites excluding steroid dienone is 10. The van der Waals surface area contributed by atoms with Crippen LogP contribution in [0.5, 0.6) is 0 Å². The van der Waals surface area contributed by atoms with Crippen molar-refractivity contribution in [3.05, 3.63) is 119 Å². The van der Waals surface area contributed by atoms with Crippen LogP contribution >= 0.6 is 22.9 Å². The van der Waals surface area contributed by atoms with E-state index in [-0.39, 0.29) is 24.4 Å². The van der Waals surface area contributed by atoms with Crippen molar-refractivity contribution in [3.8, 4) is 0 Å². The van der Waals surface area contributed by atoms with Gasteiger partial charge in [0.1, 0.15) is 15.2 Å². The topological polar surface area (TPSA) is 103 Å². The summed E-state index contributed by atoms with van der Waals surface area (Å²) in [6.07, 6.45) is 19.6. The fourth-order valence-corrected chi connectivity index (χ4v) is 8.63. The van der Waals surface area contributed by atoms with Crippen molar-refractivity contribution in [1.82, 2.24) is 14.9 Å².